The molecule has 16 heteroatoms. The third kappa shape index (κ3) is 9.87. The molecule has 44 heavy (non-hydrogen) atoms. The number of likely N-dealkylation sites (tertiary alicyclic amines) is 2. The Balaban J connectivity index is 2.13. The Morgan fingerprint density at radius 3 is 1.93 bits per heavy atom. The van der Waals surface area contributed by atoms with E-state index in [-0.39, 0.29) is 37.9 Å². The second-order valence-electron chi connectivity index (χ2n) is 11.9. The number of nitrogens with two attached hydrogens (primary N) is 1. The predicted octanol–water partition coefficient (Wildman–Crippen LogP) is -2.72. The Hall–Kier alpha value is -3.79. The van der Waals surface area contributed by atoms with Crippen LogP contribution in [0.15, 0.2) is 0 Å². The van der Waals surface area contributed by atoms with Crippen molar-refractivity contribution in [1.82, 2.24) is 31.1 Å². The van der Waals surface area contributed by atoms with E-state index in [2.05, 4.69) is 21.3 Å². The van der Waals surface area contributed by atoms with Crippen LogP contribution in [0.25, 0.3) is 0 Å². The third-order valence-electron chi connectivity index (χ3n) is 7.70. The van der Waals surface area contributed by atoms with Gasteiger partial charge in [0.2, 0.25) is 35.4 Å². The molecule has 0 bridgehead atoms. The number of nitrogens with zero attached hydrogens (tertiary/aromatic N) is 2. The molecule has 2 saturated heterocycles. The Bertz CT molecular complexity index is 1080. The fourth-order valence-electron chi connectivity index (χ4n) is 5.36. The Morgan fingerprint density at radius 1 is 0.841 bits per heavy atom. The zero-order chi connectivity index (χ0) is 33.1. The van der Waals surface area contributed by atoms with Crippen molar-refractivity contribution in [1.29, 1.82) is 0 Å². The third-order valence-corrected chi connectivity index (χ3v) is 7.70. The van der Waals surface area contributed by atoms with E-state index < -0.39 is 78.2 Å². The van der Waals surface area contributed by atoms with Crippen molar-refractivity contribution in [2.24, 2.45) is 17.6 Å². The van der Waals surface area contributed by atoms with Crippen molar-refractivity contribution < 1.29 is 43.8 Å². The molecule has 5 atom stereocenters. The minimum Gasteiger partial charge on any atom is -0.480 e. The molecule has 0 aromatic rings. The van der Waals surface area contributed by atoms with Crippen LogP contribution in [0, 0.1) is 11.8 Å². The second-order valence-corrected chi connectivity index (χ2v) is 11.9. The van der Waals surface area contributed by atoms with Crippen LogP contribution in [0.4, 0.5) is 0 Å². The van der Waals surface area contributed by atoms with Crippen LogP contribution in [0.5, 0.6) is 0 Å². The molecule has 2 rings (SSSR count). The molecule has 0 unspecified atom stereocenters. The number of rotatable bonds is 15. The molecule has 248 valence electrons. The Labute approximate surface area is 256 Å². The highest BCUT2D eigenvalue weighted by molar-refractivity contribution is 5.97. The highest BCUT2D eigenvalue weighted by Gasteiger charge is 2.42. The number of carbonyl (C=O) groups is 7. The van der Waals surface area contributed by atoms with E-state index in [1.54, 1.807) is 13.8 Å². The number of hydrogen-bond acceptors (Lipinski definition) is 9. The minimum absolute atomic E-state index is 0.0516. The Kier molecular flexibility index (Phi) is 14.0. The van der Waals surface area contributed by atoms with E-state index in [1.807, 2.05) is 13.8 Å². The molecule has 0 aliphatic carbocycles. The fraction of sp³-hybridized carbons (Fsp3) is 0.750. The molecule has 2 aliphatic rings. The van der Waals surface area contributed by atoms with Crippen LogP contribution in [-0.2, 0) is 33.6 Å². The molecule has 2 fully saturated rings. The molecule has 8 N–H and O–H groups in total. The summed E-state index contributed by atoms with van der Waals surface area (Å²) >= 11 is 0. The summed E-state index contributed by atoms with van der Waals surface area (Å²) in [6.07, 6.45) is 1.97. The number of nitrogens with one attached hydrogen (secondary N) is 4. The molecule has 0 aromatic carbocycles. The summed E-state index contributed by atoms with van der Waals surface area (Å²) in [4.78, 5) is 91.5. The zero-order valence-electron chi connectivity index (χ0n) is 25.8. The lowest BCUT2D eigenvalue weighted by Gasteiger charge is -2.33. The first-order valence-electron chi connectivity index (χ1n) is 15.0. The molecule has 16 nitrogen and oxygen atoms in total. The van der Waals surface area contributed by atoms with Gasteiger partial charge >= 0.3 is 5.97 Å². The highest BCUT2D eigenvalue weighted by atomic mass is 16.4. The van der Waals surface area contributed by atoms with E-state index >= 15 is 0 Å². The SMILES string of the molecule is CC(C)C[C@H](NC(=O)[C@@H]1CCCN1C(=O)[C@@H](NC(=O)[C@@H]1CCCN1C(=O)CNC(=O)CN)C(C)C)C(=O)N[C@@H](CO)C(=O)O. The summed E-state index contributed by atoms with van der Waals surface area (Å²) in [5, 5.41) is 28.5. The van der Waals surface area contributed by atoms with Crippen molar-refractivity contribution >= 4 is 41.4 Å². The van der Waals surface area contributed by atoms with Gasteiger partial charge < -0.3 is 47.0 Å². The number of aliphatic hydroxyl groups is 1. The molecule has 6 amide bonds. The second kappa shape index (κ2) is 16.9. The standard InChI is InChI=1S/C28H47N7O9/c1-15(2)11-17(24(39)32-18(14-36)28(43)44)31-25(40)20-8-6-10-35(20)27(42)23(16(3)4)33-26(41)19-7-5-9-34(19)22(38)13-30-21(37)12-29/h15-20,23,36H,5-14,29H2,1-4H3,(H,30,37)(H,31,40)(H,32,39)(H,33,41)(H,43,44)/t17-,18-,19-,20-,23-/m0/s1. The molecular weight excluding hydrogens is 578 g/mol. The average molecular weight is 626 g/mol. The molecule has 2 aliphatic heterocycles. The summed E-state index contributed by atoms with van der Waals surface area (Å²) in [5.74, 6) is -5.13. The topological polar surface area (TPSA) is 241 Å². The maximum absolute atomic E-state index is 13.8. The summed E-state index contributed by atoms with van der Waals surface area (Å²) in [6.45, 7) is 6.31. The van der Waals surface area contributed by atoms with Gasteiger partial charge in [-0.05, 0) is 43.9 Å². The summed E-state index contributed by atoms with van der Waals surface area (Å²) in [5.41, 5.74) is 5.26. The van der Waals surface area contributed by atoms with Crippen molar-refractivity contribution in [3.63, 3.8) is 0 Å². The number of carboxylic acids is 1. The molecule has 0 aromatic heterocycles. The van der Waals surface area contributed by atoms with Crippen LogP contribution in [-0.4, -0.2) is 124 Å². The molecule has 0 saturated carbocycles. The Morgan fingerprint density at radius 2 is 1.41 bits per heavy atom. The van der Waals surface area contributed by atoms with Gasteiger partial charge in [-0.25, -0.2) is 4.79 Å². The maximum Gasteiger partial charge on any atom is 0.328 e. The van der Waals surface area contributed by atoms with Gasteiger partial charge in [-0.15, -0.1) is 0 Å². The van der Waals surface area contributed by atoms with Gasteiger partial charge in [-0.2, -0.15) is 0 Å². The van der Waals surface area contributed by atoms with E-state index in [0.29, 0.717) is 32.2 Å². The summed E-state index contributed by atoms with van der Waals surface area (Å²) in [7, 11) is 0. The van der Waals surface area contributed by atoms with Crippen molar-refractivity contribution in [2.45, 2.75) is 90.0 Å². The van der Waals surface area contributed by atoms with Gasteiger partial charge in [0.05, 0.1) is 19.7 Å². The van der Waals surface area contributed by atoms with E-state index in [0.717, 1.165) is 0 Å². The predicted molar refractivity (Wildman–Crippen MR) is 156 cm³/mol. The van der Waals surface area contributed by atoms with Crippen LogP contribution in [0.3, 0.4) is 0 Å². The smallest absolute Gasteiger partial charge is 0.328 e. The first-order valence-corrected chi connectivity index (χ1v) is 15.0. The van der Waals surface area contributed by atoms with Crippen molar-refractivity contribution in [3.05, 3.63) is 0 Å². The molecule has 2 heterocycles. The first-order chi connectivity index (χ1) is 20.7. The van der Waals surface area contributed by atoms with Crippen LogP contribution in [0.2, 0.25) is 0 Å². The number of aliphatic hydroxyl groups excluding tert-OH is 1. The normalized spacial score (nSPS) is 20.2. The van der Waals surface area contributed by atoms with Gasteiger partial charge in [0.15, 0.2) is 0 Å². The maximum atomic E-state index is 13.8. The minimum atomic E-state index is -1.54. The highest BCUT2D eigenvalue weighted by Crippen LogP contribution is 2.23. The molecule has 0 radical (unpaired) electrons. The number of aliphatic carboxylic acids is 1. The fourth-order valence-corrected chi connectivity index (χ4v) is 5.36. The zero-order valence-corrected chi connectivity index (χ0v) is 25.8. The van der Waals surface area contributed by atoms with E-state index in [1.165, 1.54) is 9.80 Å². The van der Waals surface area contributed by atoms with Crippen LogP contribution in [0.1, 0.15) is 59.8 Å². The van der Waals surface area contributed by atoms with Crippen molar-refractivity contribution in [3.8, 4) is 0 Å². The molecule has 0 spiro atoms. The largest absolute Gasteiger partial charge is 0.480 e. The van der Waals surface area contributed by atoms with E-state index in [9.17, 15) is 43.8 Å². The quantitative estimate of drug-likeness (QED) is 0.0991. The number of amides is 6. The lowest BCUT2D eigenvalue weighted by atomic mass is 10.0. The van der Waals surface area contributed by atoms with E-state index in [4.69, 9.17) is 5.73 Å². The monoisotopic (exact) mass is 625 g/mol. The van der Waals surface area contributed by atoms with Crippen molar-refractivity contribution in [2.75, 3.05) is 32.8 Å². The number of carboxylic acid groups (broad SMARTS) is 1. The number of carbonyl (C=O) groups excluding carboxylic acids is 6. The molecular formula is C28H47N7O9. The number of hydrogen-bond donors (Lipinski definition) is 7. The van der Waals surface area contributed by atoms with Gasteiger partial charge in [-0.3, -0.25) is 28.8 Å². The first kappa shape index (κ1) is 36.4. The van der Waals surface area contributed by atoms with Gasteiger partial charge in [-0.1, -0.05) is 27.7 Å². The summed E-state index contributed by atoms with van der Waals surface area (Å²) < 4.78 is 0. The lowest BCUT2D eigenvalue weighted by molar-refractivity contribution is -0.145. The summed E-state index contributed by atoms with van der Waals surface area (Å²) in [6, 6.07) is -5.39. The lowest BCUT2D eigenvalue weighted by Crippen LogP contribution is -2.59. The van der Waals surface area contributed by atoms with Gasteiger partial charge in [0.1, 0.15) is 30.2 Å². The van der Waals surface area contributed by atoms with Crippen LogP contribution < -0.4 is 27.0 Å². The van der Waals surface area contributed by atoms with Crippen LogP contribution >= 0.6 is 0 Å². The van der Waals surface area contributed by atoms with Gasteiger partial charge in [0, 0.05) is 13.1 Å². The van der Waals surface area contributed by atoms with Gasteiger partial charge in [0.25, 0.3) is 0 Å². The average Bonchev–Trinajstić information content (AvgIpc) is 3.66.